The van der Waals surface area contributed by atoms with Crippen molar-refractivity contribution >= 4 is 22.7 Å². The number of hydrogen-bond acceptors (Lipinski definition) is 4. The van der Waals surface area contributed by atoms with Crippen LogP contribution in [0, 0.1) is 0 Å². The minimum atomic E-state index is -0.868. The fourth-order valence-electron chi connectivity index (χ4n) is 1.64. The molecule has 1 unspecified atom stereocenters. The van der Waals surface area contributed by atoms with Gasteiger partial charge < -0.3 is 15.5 Å². The van der Waals surface area contributed by atoms with Crippen LogP contribution in [0.15, 0.2) is 22.6 Å². The maximum Gasteiger partial charge on any atom is 0.244 e. The van der Waals surface area contributed by atoms with Crippen LogP contribution < -0.4 is 11.1 Å². The number of aromatic nitrogens is 1. The third kappa shape index (κ3) is 2.76. The van der Waals surface area contributed by atoms with Gasteiger partial charge in [-0.1, -0.05) is 13.8 Å². The first kappa shape index (κ1) is 13.5. The lowest BCUT2D eigenvalue weighted by Gasteiger charge is -2.21. The summed E-state index contributed by atoms with van der Waals surface area (Å²) >= 11 is 0. The molecule has 0 aliphatic heterocycles. The Balaban J connectivity index is 2.24. The second-order valence-electron chi connectivity index (χ2n) is 4.87. The summed E-state index contributed by atoms with van der Waals surface area (Å²) in [6.07, 6.45) is 1.32. The van der Waals surface area contributed by atoms with Crippen LogP contribution in [0.25, 0.3) is 11.1 Å². The van der Waals surface area contributed by atoms with Crippen molar-refractivity contribution in [2.45, 2.75) is 39.2 Å². The average molecular weight is 261 g/mol. The highest BCUT2D eigenvalue weighted by atomic mass is 16.3. The zero-order chi connectivity index (χ0) is 14.0. The highest BCUT2D eigenvalue weighted by Gasteiger charge is 2.26. The van der Waals surface area contributed by atoms with Crippen molar-refractivity contribution in [1.29, 1.82) is 0 Å². The molecular formula is C14H19N3O2. The summed E-state index contributed by atoms with van der Waals surface area (Å²) in [7, 11) is 0. The van der Waals surface area contributed by atoms with Gasteiger partial charge in [-0.15, -0.1) is 0 Å². The molecule has 2 rings (SSSR count). The molecule has 19 heavy (non-hydrogen) atoms. The zero-order valence-corrected chi connectivity index (χ0v) is 11.5. The molecule has 5 heteroatoms. The van der Waals surface area contributed by atoms with Crippen LogP contribution in [-0.4, -0.2) is 16.4 Å². The van der Waals surface area contributed by atoms with Gasteiger partial charge in [-0.05, 0) is 31.5 Å². The number of carbonyl (C=O) groups is 1. The van der Waals surface area contributed by atoms with Crippen molar-refractivity contribution in [1.82, 2.24) is 4.98 Å². The van der Waals surface area contributed by atoms with E-state index in [1.807, 2.05) is 13.8 Å². The van der Waals surface area contributed by atoms with Gasteiger partial charge in [0.25, 0.3) is 0 Å². The summed E-state index contributed by atoms with van der Waals surface area (Å²) in [6.45, 7) is 5.58. The smallest absolute Gasteiger partial charge is 0.244 e. The van der Waals surface area contributed by atoms with Gasteiger partial charge in [-0.2, -0.15) is 0 Å². The monoisotopic (exact) mass is 261 g/mol. The second-order valence-corrected chi connectivity index (χ2v) is 4.87. The molecule has 0 saturated heterocycles. The highest BCUT2D eigenvalue weighted by molar-refractivity contribution is 5.98. The van der Waals surface area contributed by atoms with Crippen molar-refractivity contribution in [2.75, 3.05) is 5.32 Å². The van der Waals surface area contributed by atoms with Gasteiger partial charge in [0, 0.05) is 12.1 Å². The zero-order valence-electron chi connectivity index (χ0n) is 11.5. The predicted octanol–water partition coefficient (Wildman–Crippen LogP) is 2.46. The Morgan fingerprint density at radius 2 is 2.21 bits per heavy atom. The fraction of sp³-hybridized carbons (Fsp3) is 0.429. The van der Waals surface area contributed by atoms with Crippen LogP contribution in [0.1, 0.15) is 33.1 Å². The van der Waals surface area contributed by atoms with Crippen molar-refractivity contribution in [3.63, 3.8) is 0 Å². The number of carbonyl (C=O) groups excluding carboxylic acids is 1. The molecule has 1 atom stereocenters. The standard InChI is InChI=1S/C14H19N3O2/c1-4-12-17-10-8-9(6-7-11(10)19-12)16-13(18)14(3,15)5-2/h6-8H,4-5,15H2,1-3H3,(H,16,18). The van der Waals surface area contributed by atoms with Crippen LogP contribution in [0.5, 0.6) is 0 Å². The number of oxazole rings is 1. The van der Waals surface area contributed by atoms with E-state index in [0.29, 0.717) is 18.0 Å². The lowest BCUT2D eigenvalue weighted by molar-refractivity contribution is -0.120. The minimum Gasteiger partial charge on any atom is -0.441 e. The minimum absolute atomic E-state index is 0.200. The molecule has 2 aromatic rings. The van der Waals surface area contributed by atoms with Crippen molar-refractivity contribution in [3.8, 4) is 0 Å². The molecule has 3 N–H and O–H groups in total. The Morgan fingerprint density at radius 3 is 2.84 bits per heavy atom. The van der Waals surface area contributed by atoms with Crippen LogP contribution in [0.3, 0.4) is 0 Å². The number of aryl methyl sites for hydroxylation is 1. The van der Waals surface area contributed by atoms with Gasteiger partial charge in [0.15, 0.2) is 11.5 Å². The summed E-state index contributed by atoms with van der Waals surface area (Å²) in [6, 6.07) is 5.38. The number of fused-ring (bicyclic) bond motifs is 1. The van der Waals surface area contributed by atoms with Crippen LogP contribution in [0.2, 0.25) is 0 Å². The van der Waals surface area contributed by atoms with E-state index < -0.39 is 5.54 Å². The Kier molecular flexibility index (Phi) is 3.57. The number of amides is 1. The molecule has 1 heterocycles. The molecule has 1 amide bonds. The third-order valence-electron chi connectivity index (χ3n) is 3.25. The van der Waals surface area contributed by atoms with E-state index in [-0.39, 0.29) is 5.91 Å². The van der Waals surface area contributed by atoms with E-state index in [4.69, 9.17) is 10.2 Å². The Hall–Kier alpha value is -1.88. The summed E-state index contributed by atoms with van der Waals surface area (Å²) in [5, 5.41) is 2.81. The summed E-state index contributed by atoms with van der Waals surface area (Å²) < 4.78 is 5.52. The van der Waals surface area contributed by atoms with Gasteiger partial charge >= 0.3 is 0 Å². The third-order valence-corrected chi connectivity index (χ3v) is 3.25. The molecule has 0 radical (unpaired) electrons. The number of hydrogen-bond donors (Lipinski definition) is 2. The van der Waals surface area contributed by atoms with E-state index >= 15 is 0 Å². The van der Waals surface area contributed by atoms with E-state index in [1.54, 1.807) is 25.1 Å². The maximum absolute atomic E-state index is 12.0. The van der Waals surface area contributed by atoms with Crippen LogP contribution in [0.4, 0.5) is 5.69 Å². The fourth-order valence-corrected chi connectivity index (χ4v) is 1.64. The van der Waals surface area contributed by atoms with Crippen molar-refractivity contribution < 1.29 is 9.21 Å². The van der Waals surface area contributed by atoms with Gasteiger partial charge in [0.05, 0.1) is 5.54 Å². The van der Waals surface area contributed by atoms with Gasteiger partial charge in [0.1, 0.15) is 5.52 Å². The lowest BCUT2D eigenvalue weighted by atomic mass is 9.99. The normalized spacial score (nSPS) is 14.3. The number of nitrogens with two attached hydrogens (primary N) is 1. The van der Waals surface area contributed by atoms with Crippen LogP contribution >= 0.6 is 0 Å². The summed E-state index contributed by atoms with van der Waals surface area (Å²) in [5.41, 5.74) is 7.17. The molecule has 0 spiro atoms. The lowest BCUT2D eigenvalue weighted by Crippen LogP contribution is -2.47. The molecule has 5 nitrogen and oxygen atoms in total. The molecule has 0 aliphatic rings. The number of anilines is 1. The van der Waals surface area contributed by atoms with E-state index in [1.165, 1.54) is 0 Å². The topological polar surface area (TPSA) is 81.2 Å². The van der Waals surface area contributed by atoms with E-state index in [2.05, 4.69) is 10.3 Å². The first-order chi connectivity index (χ1) is 8.96. The van der Waals surface area contributed by atoms with Gasteiger partial charge in [-0.25, -0.2) is 4.98 Å². The average Bonchev–Trinajstić information content (AvgIpc) is 2.80. The predicted molar refractivity (Wildman–Crippen MR) is 74.9 cm³/mol. The quantitative estimate of drug-likeness (QED) is 0.885. The molecule has 0 bridgehead atoms. The van der Waals surface area contributed by atoms with Crippen molar-refractivity contribution in [2.24, 2.45) is 5.73 Å². The molecule has 1 aromatic carbocycles. The molecule has 0 saturated carbocycles. The van der Waals surface area contributed by atoms with E-state index in [9.17, 15) is 4.79 Å². The SMILES string of the molecule is CCc1nc2cc(NC(=O)C(C)(N)CC)ccc2o1. The first-order valence-electron chi connectivity index (χ1n) is 6.46. The van der Waals surface area contributed by atoms with Crippen molar-refractivity contribution in [3.05, 3.63) is 24.1 Å². The largest absolute Gasteiger partial charge is 0.441 e. The number of rotatable bonds is 4. The Morgan fingerprint density at radius 1 is 1.47 bits per heavy atom. The van der Waals surface area contributed by atoms with E-state index in [0.717, 1.165) is 17.5 Å². The Bertz CT molecular complexity index is 602. The maximum atomic E-state index is 12.0. The highest BCUT2D eigenvalue weighted by Crippen LogP contribution is 2.21. The molecule has 0 aliphatic carbocycles. The Labute approximate surface area is 112 Å². The molecule has 102 valence electrons. The number of benzene rings is 1. The van der Waals surface area contributed by atoms with Gasteiger partial charge in [0.2, 0.25) is 5.91 Å². The summed E-state index contributed by atoms with van der Waals surface area (Å²) in [4.78, 5) is 16.3. The number of nitrogens with zero attached hydrogens (tertiary/aromatic N) is 1. The van der Waals surface area contributed by atoms with Gasteiger partial charge in [-0.3, -0.25) is 4.79 Å². The second kappa shape index (κ2) is 5.01. The molecule has 0 fully saturated rings. The van der Waals surface area contributed by atoms with Crippen LogP contribution in [-0.2, 0) is 11.2 Å². The first-order valence-corrected chi connectivity index (χ1v) is 6.46. The molecular weight excluding hydrogens is 242 g/mol. The summed E-state index contributed by atoms with van der Waals surface area (Å²) in [5.74, 6) is 0.490. The number of nitrogens with one attached hydrogen (secondary N) is 1. The molecule has 1 aromatic heterocycles.